The van der Waals surface area contributed by atoms with Crippen LogP contribution in [0, 0.1) is 0 Å². The van der Waals surface area contributed by atoms with E-state index in [1.807, 2.05) is 6.92 Å². The lowest BCUT2D eigenvalue weighted by Crippen LogP contribution is -2.40. The lowest BCUT2D eigenvalue weighted by molar-refractivity contribution is -0.149. The van der Waals surface area contributed by atoms with Gasteiger partial charge in [-0.3, -0.25) is 9.36 Å². The van der Waals surface area contributed by atoms with E-state index in [0.717, 1.165) is 6.42 Å². The lowest BCUT2D eigenvalue weighted by Gasteiger charge is -2.28. The Morgan fingerprint density at radius 1 is 1.59 bits per heavy atom. The fourth-order valence-electron chi connectivity index (χ4n) is 2.14. The first-order valence-corrected chi connectivity index (χ1v) is 5.77. The highest BCUT2D eigenvalue weighted by Gasteiger charge is 2.44. The van der Waals surface area contributed by atoms with Crippen LogP contribution in [0.1, 0.15) is 19.6 Å². The van der Waals surface area contributed by atoms with Crippen LogP contribution in [0.3, 0.4) is 0 Å². The zero-order valence-electron chi connectivity index (χ0n) is 9.54. The standard InChI is InChI=1S/C11H14N2O4/c1-2-15-11-12-9(14)3-4-13(11)10-5-7-8(17-10)6-16-7/h3-4,7-8,10H,2,5-6H2,1H3/t7-,8-,10-/m1/s1. The maximum absolute atomic E-state index is 11.2. The van der Waals surface area contributed by atoms with E-state index in [1.54, 1.807) is 10.8 Å². The molecule has 0 aliphatic carbocycles. The van der Waals surface area contributed by atoms with E-state index in [0.29, 0.717) is 19.2 Å². The predicted molar refractivity (Wildman–Crippen MR) is 57.9 cm³/mol. The third-order valence-electron chi connectivity index (χ3n) is 3.04. The van der Waals surface area contributed by atoms with Gasteiger partial charge >= 0.3 is 6.01 Å². The van der Waals surface area contributed by atoms with Crippen molar-refractivity contribution in [2.45, 2.75) is 31.8 Å². The van der Waals surface area contributed by atoms with Gasteiger partial charge in [-0.05, 0) is 6.92 Å². The van der Waals surface area contributed by atoms with Gasteiger partial charge in [-0.2, -0.15) is 4.98 Å². The molecule has 3 atom stereocenters. The van der Waals surface area contributed by atoms with Crippen LogP contribution in [-0.4, -0.2) is 35.0 Å². The van der Waals surface area contributed by atoms with E-state index in [2.05, 4.69) is 4.98 Å². The first kappa shape index (κ1) is 10.7. The molecule has 2 aliphatic rings. The van der Waals surface area contributed by atoms with E-state index < -0.39 is 0 Å². The van der Waals surface area contributed by atoms with Crippen LogP contribution < -0.4 is 10.3 Å². The molecular formula is C11H14N2O4. The van der Waals surface area contributed by atoms with E-state index in [1.165, 1.54) is 6.07 Å². The first-order chi connectivity index (χ1) is 8.28. The summed E-state index contributed by atoms with van der Waals surface area (Å²) in [6, 6.07) is 1.72. The topological polar surface area (TPSA) is 62.6 Å². The van der Waals surface area contributed by atoms with Crippen LogP contribution in [0.4, 0.5) is 0 Å². The Labute approximate surface area is 98.1 Å². The maximum atomic E-state index is 11.2. The molecule has 2 saturated heterocycles. The van der Waals surface area contributed by atoms with Gasteiger partial charge in [-0.15, -0.1) is 0 Å². The molecule has 17 heavy (non-hydrogen) atoms. The molecule has 0 unspecified atom stereocenters. The van der Waals surface area contributed by atoms with Gasteiger partial charge in [0, 0.05) is 18.7 Å². The molecule has 1 aromatic heterocycles. The van der Waals surface area contributed by atoms with Gasteiger partial charge in [0.25, 0.3) is 5.56 Å². The minimum Gasteiger partial charge on any atom is -0.465 e. The monoisotopic (exact) mass is 238 g/mol. The summed E-state index contributed by atoms with van der Waals surface area (Å²) in [5.41, 5.74) is -0.304. The smallest absolute Gasteiger partial charge is 0.301 e. The largest absolute Gasteiger partial charge is 0.465 e. The minimum atomic E-state index is -0.304. The SMILES string of the molecule is CCOc1nc(=O)ccn1[C@H]1C[C@H]2OC[C@H]2O1. The van der Waals surface area contributed by atoms with Crippen molar-refractivity contribution in [3.05, 3.63) is 22.6 Å². The Morgan fingerprint density at radius 2 is 2.47 bits per heavy atom. The number of hydrogen-bond donors (Lipinski definition) is 0. The van der Waals surface area contributed by atoms with E-state index >= 15 is 0 Å². The van der Waals surface area contributed by atoms with Crippen molar-refractivity contribution in [1.82, 2.24) is 9.55 Å². The Balaban J connectivity index is 1.88. The van der Waals surface area contributed by atoms with Gasteiger partial charge in [0.2, 0.25) is 0 Å². The highest BCUT2D eigenvalue weighted by atomic mass is 16.6. The number of nitrogens with zero attached hydrogens (tertiary/aromatic N) is 2. The zero-order valence-corrected chi connectivity index (χ0v) is 9.54. The van der Waals surface area contributed by atoms with Crippen molar-refractivity contribution in [2.75, 3.05) is 13.2 Å². The van der Waals surface area contributed by atoms with Crippen LogP contribution in [0.15, 0.2) is 17.1 Å². The maximum Gasteiger partial charge on any atom is 0.301 e. The molecule has 2 fully saturated rings. The summed E-state index contributed by atoms with van der Waals surface area (Å²) >= 11 is 0. The molecule has 3 rings (SSSR count). The second kappa shape index (κ2) is 4.12. The molecule has 1 aromatic rings. The molecule has 6 heteroatoms. The quantitative estimate of drug-likeness (QED) is 0.759. The number of aromatic nitrogens is 2. The molecule has 92 valence electrons. The zero-order chi connectivity index (χ0) is 11.8. The van der Waals surface area contributed by atoms with E-state index in [-0.39, 0.29) is 24.0 Å². The van der Waals surface area contributed by atoms with Crippen LogP contribution in [0.5, 0.6) is 6.01 Å². The molecule has 2 aliphatic heterocycles. The number of hydrogen-bond acceptors (Lipinski definition) is 5. The van der Waals surface area contributed by atoms with Crippen LogP contribution in [0.2, 0.25) is 0 Å². The molecular weight excluding hydrogens is 224 g/mol. The van der Waals surface area contributed by atoms with Crippen LogP contribution in [0.25, 0.3) is 0 Å². The van der Waals surface area contributed by atoms with Gasteiger partial charge in [-0.25, -0.2) is 0 Å². The summed E-state index contributed by atoms with van der Waals surface area (Å²) in [4.78, 5) is 15.0. The Kier molecular flexibility index (Phi) is 2.60. The highest BCUT2D eigenvalue weighted by Crippen LogP contribution is 2.37. The van der Waals surface area contributed by atoms with Crippen molar-refractivity contribution >= 4 is 0 Å². The average molecular weight is 238 g/mol. The van der Waals surface area contributed by atoms with Gasteiger partial charge in [0.1, 0.15) is 12.3 Å². The minimum absolute atomic E-state index is 0.151. The third-order valence-corrected chi connectivity index (χ3v) is 3.04. The summed E-state index contributed by atoms with van der Waals surface area (Å²) < 4.78 is 18.3. The molecule has 0 spiro atoms. The Hall–Kier alpha value is -1.40. The lowest BCUT2D eigenvalue weighted by atomic mass is 10.1. The van der Waals surface area contributed by atoms with Crippen LogP contribution >= 0.6 is 0 Å². The number of ether oxygens (including phenoxy) is 3. The Morgan fingerprint density at radius 3 is 3.06 bits per heavy atom. The molecule has 0 N–H and O–H groups in total. The second-order valence-corrected chi connectivity index (χ2v) is 4.13. The molecule has 0 amide bonds. The fraction of sp³-hybridized carbons (Fsp3) is 0.636. The van der Waals surface area contributed by atoms with Gasteiger partial charge < -0.3 is 14.2 Å². The molecule has 0 bridgehead atoms. The number of rotatable bonds is 3. The molecule has 6 nitrogen and oxygen atoms in total. The van der Waals surface area contributed by atoms with Gasteiger partial charge in [-0.1, -0.05) is 0 Å². The normalized spacial score (nSPS) is 30.8. The second-order valence-electron chi connectivity index (χ2n) is 4.13. The van der Waals surface area contributed by atoms with Gasteiger partial charge in [0.05, 0.1) is 19.3 Å². The van der Waals surface area contributed by atoms with Crippen molar-refractivity contribution in [3.63, 3.8) is 0 Å². The molecule has 0 saturated carbocycles. The van der Waals surface area contributed by atoms with Crippen molar-refractivity contribution < 1.29 is 14.2 Å². The average Bonchev–Trinajstić information content (AvgIpc) is 2.56. The third kappa shape index (κ3) is 1.83. The summed E-state index contributed by atoms with van der Waals surface area (Å²) in [5.74, 6) is 0. The predicted octanol–water partition coefficient (Wildman–Crippen LogP) is 0.328. The highest BCUT2D eigenvalue weighted by molar-refractivity contribution is 5.02. The molecule has 0 radical (unpaired) electrons. The fourth-order valence-corrected chi connectivity index (χ4v) is 2.14. The number of fused-ring (bicyclic) bond motifs is 1. The van der Waals surface area contributed by atoms with Crippen LogP contribution in [-0.2, 0) is 9.47 Å². The van der Waals surface area contributed by atoms with Crippen molar-refractivity contribution in [1.29, 1.82) is 0 Å². The summed E-state index contributed by atoms with van der Waals surface area (Å²) in [6.45, 7) is 2.97. The van der Waals surface area contributed by atoms with Crippen molar-refractivity contribution in [3.8, 4) is 6.01 Å². The molecule has 0 aromatic carbocycles. The summed E-state index contributed by atoms with van der Waals surface area (Å²) in [7, 11) is 0. The summed E-state index contributed by atoms with van der Waals surface area (Å²) in [5, 5.41) is 0. The Bertz CT molecular complexity index is 461. The van der Waals surface area contributed by atoms with E-state index in [4.69, 9.17) is 14.2 Å². The first-order valence-electron chi connectivity index (χ1n) is 5.77. The van der Waals surface area contributed by atoms with Crippen molar-refractivity contribution in [2.24, 2.45) is 0 Å². The van der Waals surface area contributed by atoms with E-state index in [9.17, 15) is 4.79 Å². The van der Waals surface area contributed by atoms with Gasteiger partial charge in [0.15, 0.2) is 0 Å². The summed E-state index contributed by atoms with van der Waals surface area (Å²) in [6.07, 6.45) is 2.63. The molecule has 3 heterocycles.